The molecule has 0 fully saturated rings. The van der Waals surface area contributed by atoms with Gasteiger partial charge in [0.15, 0.2) is 0 Å². The lowest BCUT2D eigenvalue weighted by atomic mass is 10.3. The molecule has 2 nitrogen and oxygen atoms in total. The molecule has 68 valence electrons. The molecule has 1 aliphatic rings. The largest absolute Gasteiger partial charge is 0.316 e. The highest BCUT2D eigenvalue weighted by Gasteiger charge is 2.16. The number of alkyl halides is 1. The Morgan fingerprint density at radius 1 is 1.75 bits per heavy atom. The van der Waals surface area contributed by atoms with Gasteiger partial charge in [0.25, 0.3) is 0 Å². The second kappa shape index (κ2) is 4.84. The lowest BCUT2D eigenvalue weighted by Crippen LogP contribution is -2.30. The second-order valence-electron chi connectivity index (χ2n) is 2.86. The van der Waals surface area contributed by atoms with Crippen LogP contribution in [0.15, 0.2) is 11.8 Å². The number of hydrogen-bond donors (Lipinski definition) is 0. The van der Waals surface area contributed by atoms with Crippen molar-refractivity contribution in [1.82, 2.24) is 4.90 Å². The Hall–Kier alpha value is -0.0600. The normalized spacial score (nSPS) is 16.0. The SMILES string of the molecule is CCN(C(=O)CI)C1=CCCC1. The molecule has 0 spiro atoms. The van der Waals surface area contributed by atoms with Crippen LogP contribution in [0.5, 0.6) is 0 Å². The predicted octanol–water partition coefficient (Wildman–Crippen LogP) is 2.34. The Bertz CT molecular complexity index is 201. The molecule has 0 aromatic heterocycles. The van der Waals surface area contributed by atoms with Crippen LogP contribution in [0, 0.1) is 0 Å². The van der Waals surface area contributed by atoms with E-state index < -0.39 is 0 Å². The molecule has 1 amide bonds. The minimum Gasteiger partial charge on any atom is -0.316 e. The average Bonchev–Trinajstić information content (AvgIpc) is 2.58. The first-order chi connectivity index (χ1) is 5.79. The van der Waals surface area contributed by atoms with Crippen molar-refractivity contribution < 1.29 is 4.79 Å². The van der Waals surface area contributed by atoms with Crippen molar-refractivity contribution in [3.05, 3.63) is 11.8 Å². The van der Waals surface area contributed by atoms with Crippen LogP contribution in [-0.2, 0) is 4.79 Å². The summed E-state index contributed by atoms with van der Waals surface area (Å²) in [6, 6.07) is 0. The minimum absolute atomic E-state index is 0.242. The smallest absolute Gasteiger partial charge is 0.236 e. The molecule has 0 aromatic rings. The Morgan fingerprint density at radius 2 is 2.50 bits per heavy atom. The second-order valence-corrected chi connectivity index (χ2v) is 3.62. The highest BCUT2D eigenvalue weighted by Crippen LogP contribution is 2.21. The van der Waals surface area contributed by atoms with Gasteiger partial charge in [0.1, 0.15) is 0 Å². The van der Waals surface area contributed by atoms with Crippen LogP contribution < -0.4 is 0 Å². The summed E-state index contributed by atoms with van der Waals surface area (Å²) in [7, 11) is 0. The van der Waals surface area contributed by atoms with Crippen molar-refractivity contribution in [2.75, 3.05) is 11.0 Å². The summed E-state index contributed by atoms with van der Waals surface area (Å²) in [6.45, 7) is 2.84. The van der Waals surface area contributed by atoms with Crippen LogP contribution in [0.4, 0.5) is 0 Å². The fraction of sp³-hybridized carbons (Fsp3) is 0.667. The van der Waals surface area contributed by atoms with E-state index in [1.807, 2.05) is 11.8 Å². The van der Waals surface area contributed by atoms with Gasteiger partial charge < -0.3 is 4.90 Å². The molecule has 0 atom stereocenters. The maximum Gasteiger partial charge on any atom is 0.236 e. The van der Waals surface area contributed by atoms with E-state index in [9.17, 15) is 4.79 Å². The molecule has 1 aliphatic carbocycles. The molecule has 0 bridgehead atoms. The fourth-order valence-electron chi connectivity index (χ4n) is 1.51. The van der Waals surface area contributed by atoms with E-state index in [1.54, 1.807) is 0 Å². The first-order valence-electron chi connectivity index (χ1n) is 4.35. The molecule has 0 heterocycles. The topological polar surface area (TPSA) is 20.3 Å². The zero-order valence-electron chi connectivity index (χ0n) is 7.35. The van der Waals surface area contributed by atoms with Gasteiger partial charge in [-0.25, -0.2) is 0 Å². The van der Waals surface area contributed by atoms with Gasteiger partial charge in [-0.15, -0.1) is 0 Å². The predicted molar refractivity (Wildman–Crippen MR) is 58.2 cm³/mol. The standard InChI is InChI=1S/C9H14INO/c1-2-11(9(12)7-10)8-5-3-4-6-8/h5H,2-4,6-7H2,1H3. The van der Waals surface area contributed by atoms with Crippen molar-refractivity contribution in [1.29, 1.82) is 0 Å². The molecule has 0 saturated carbocycles. The van der Waals surface area contributed by atoms with E-state index in [2.05, 4.69) is 28.7 Å². The van der Waals surface area contributed by atoms with Crippen LogP contribution in [0.3, 0.4) is 0 Å². The Labute approximate surface area is 87.1 Å². The van der Waals surface area contributed by atoms with Gasteiger partial charge in [-0.2, -0.15) is 0 Å². The zero-order chi connectivity index (χ0) is 8.97. The van der Waals surface area contributed by atoms with E-state index in [-0.39, 0.29) is 5.91 Å². The zero-order valence-corrected chi connectivity index (χ0v) is 9.50. The van der Waals surface area contributed by atoms with E-state index in [0.29, 0.717) is 4.43 Å². The summed E-state index contributed by atoms with van der Waals surface area (Å²) in [5.41, 5.74) is 1.24. The molecule has 0 N–H and O–H groups in total. The molecule has 0 unspecified atom stereocenters. The molecule has 0 aliphatic heterocycles. The third kappa shape index (κ3) is 2.21. The van der Waals surface area contributed by atoms with Crippen molar-refractivity contribution in [3.63, 3.8) is 0 Å². The lowest BCUT2D eigenvalue weighted by molar-refractivity contribution is -0.126. The maximum atomic E-state index is 11.4. The van der Waals surface area contributed by atoms with Crippen LogP contribution in [-0.4, -0.2) is 21.8 Å². The molecule has 0 saturated heterocycles. The quantitative estimate of drug-likeness (QED) is 0.573. The van der Waals surface area contributed by atoms with E-state index >= 15 is 0 Å². The van der Waals surface area contributed by atoms with Crippen LogP contribution in [0.2, 0.25) is 0 Å². The number of amides is 1. The van der Waals surface area contributed by atoms with Gasteiger partial charge in [0.05, 0.1) is 4.43 Å². The molecular weight excluding hydrogens is 265 g/mol. The summed E-state index contributed by atoms with van der Waals surface area (Å²) in [6.07, 6.45) is 5.62. The number of carbonyl (C=O) groups is 1. The molecule has 12 heavy (non-hydrogen) atoms. The van der Waals surface area contributed by atoms with Crippen LogP contribution >= 0.6 is 22.6 Å². The number of allylic oxidation sites excluding steroid dienone is 2. The van der Waals surface area contributed by atoms with E-state index in [4.69, 9.17) is 0 Å². The first kappa shape index (κ1) is 10.0. The van der Waals surface area contributed by atoms with E-state index in [1.165, 1.54) is 12.1 Å². The van der Waals surface area contributed by atoms with Gasteiger partial charge in [0, 0.05) is 12.2 Å². The van der Waals surface area contributed by atoms with E-state index in [0.717, 1.165) is 19.4 Å². The maximum absolute atomic E-state index is 11.4. The summed E-state index contributed by atoms with van der Waals surface area (Å²) in [5.74, 6) is 0.242. The van der Waals surface area contributed by atoms with Gasteiger partial charge in [-0.1, -0.05) is 28.7 Å². The summed E-state index contributed by atoms with van der Waals surface area (Å²) in [5, 5.41) is 0. The van der Waals surface area contributed by atoms with Gasteiger partial charge >= 0.3 is 0 Å². The third-order valence-electron chi connectivity index (χ3n) is 2.10. The lowest BCUT2D eigenvalue weighted by Gasteiger charge is -2.20. The summed E-state index contributed by atoms with van der Waals surface area (Å²) < 4.78 is 0.586. The highest BCUT2D eigenvalue weighted by molar-refractivity contribution is 14.1. The molecule has 3 heteroatoms. The van der Waals surface area contributed by atoms with Crippen LogP contribution in [0.1, 0.15) is 26.2 Å². The molecular formula is C9H14INO. The molecule has 0 aromatic carbocycles. The average molecular weight is 279 g/mol. The third-order valence-corrected chi connectivity index (χ3v) is 2.75. The number of halogens is 1. The first-order valence-corrected chi connectivity index (χ1v) is 5.87. The Kier molecular flexibility index (Phi) is 4.05. The molecule has 0 radical (unpaired) electrons. The highest BCUT2D eigenvalue weighted by atomic mass is 127. The van der Waals surface area contributed by atoms with Gasteiger partial charge in [0.2, 0.25) is 5.91 Å². The number of hydrogen-bond acceptors (Lipinski definition) is 1. The number of rotatable bonds is 3. The van der Waals surface area contributed by atoms with Crippen molar-refractivity contribution in [2.45, 2.75) is 26.2 Å². The van der Waals surface area contributed by atoms with Crippen molar-refractivity contribution in [3.8, 4) is 0 Å². The van der Waals surface area contributed by atoms with Crippen molar-refractivity contribution in [2.24, 2.45) is 0 Å². The van der Waals surface area contributed by atoms with Crippen molar-refractivity contribution >= 4 is 28.5 Å². The number of carbonyl (C=O) groups excluding carboxylic acids is 1. The monoisotopic (exact) mass is 279 g/mol. The fourth-order valence-corrected chi connectivity index (χ4v) is 1.92. The van der Waals surface area contributed by atoms with Crippen LogP contribution in [0.25, 0.3) is 0 Å². The summed E-state index contributed by atoms with van der Waals surface area (Å²) >= 11 is 2.12. The number of nitrogens with zero attached hydrogens (tertiary/aromatic N) is 1. The van der Waals surface area contributed by atoms with Gasteiger partial charge in [-0.3, -0.25) is 4.79 Å². The molecule has 1 rings (SSSR count). The summed E-state index contributed by atoms with van der Waals surface area (Å²) in [4.78, 5) is 13.3. The van der Waals surface area contributed by atoms with Gasteiger partial charge in [-0.05, 0) is 26.2 Å². The Morgan fingerprint density at radius 3 is 2.92 bits per heavy atom. The Balaban J connectivity index is 2.60. The minimum atomic E-state index is 0.242.